The summed E-state index contributed by atoms with van der Waals surface area (Å²) in [4.78, 5) is 15.9. The number of rotatable bonds is 9. The Morgan fingerprint density at radius 2 is 1.88 bits per heavy atom. The Balaban J connectivity index is 1.83. The van der Waals surface area contributed by atoms with Crippen LogP contribution in [-0.2, 0) is 27.8 Å². The van der Waals surface area contributed by atoms with Crippen molar-refractivity contribution >= 4 is 15.9 Å². The van der Waals surface area contributed by atoms with Gasteiger partial charge in [-0.15, -0.1) is 0 Å². The molecule has 1 heterocycles. The first-order valence-corrected chi connectivity index (χ1v) is 10.0. The molecular weight excluding hydrogens is 357 g/mol. The van der Waals surface area contributed by atoms with E-state index in [0.717, 1.165) is 17.4 Å². The van der Waals surface area contributed by atoms with Gasteiger partial charge in [0.15, 0.2) is 0 Å². The lowest BCUT2D eigenvalue weighted by Crippen LogP contribution is -2.35. The van der Waals surface area contributed by atoms with Crippen LogP contribution in [0.5, 0.6) is 0 Å². The van der Waals surface area contributed by atoms with Crippen LogP contribution in [0, 0.1) is 5.82 Å². The van der Waals surface area contributed by atoms with E-state index < -0.39 is 10.0 Å². The van der Waals surface area contributed by atoms with E-state index in [2.05, 4.69) is 10.3 Å². The molecule has 0 aliphatic rings. The Hall–Kier alpha value is -2.32. The zero-order valence-corrected chi connectivity index (χ0v) is 15.4. The third kappa shape index (κ3) is 6.89. The van der Waals surface area contributed by atoms with E-state index in [4.69, 9.17) is 0 Å². The maximum atomic E-state index is 12.9. The Labute approximate surface area is 153 Å². The van der Waals surface area contributed by atoms with Gasteiger partial charge in [-0.2, -0.15) is 0 Å². The largest absolute Gasteiger partial charge is 0.352 e. The minimum Gasteiger partial charge on any atom is -0.352 e. The van der Waals surface area contributed by atoms with Gasteiger partial charge in [0.25, 0.3) is 0 Å². The molecule has 1 amide bonds. The number of aromatic nitrogens is 1. The van der Waals surface area contributed by atoms with E-state index in [1.807, 2.05) is 6.07 Å². The maximum absolute atomic E-state index is 12.9. The Morgan fingerprint density at radius 3 is 2.50 bits per heavy atom. The summed E-state index contributed by atoms with van der Waals surface area (Å²) in [5, 5.41) is 2.74. The molecule has 0 unspecified atom stereocenters. The fourth-order valence-corrected chi connectivity index (χ4v) is 3.21. The molecule has 0 aliphatic carbocycles. The lowest BCUT2D eigenvalue weighted by Gasteiger charge is -2.19. The van der Waals surface area contributed by atoms with Gasteiger partial charge in [0.2, 0.25) is 15.9 Å². The van der Waals surface area contributed by atoms with Crippen LogP contribution in [0.3, 0.4) is 0 Å². The molecule has 1 aromatic heterocycles. The number of amides is 1. The number of hydrogen-bond acceptors (Lipinski definition) is 4. The zero-order chi connectivity index (χ0) is 19.0. The maximum Gasteiger partial charge on any atom is 0.221 e. The van der Waals surface area contributed by atoms with Crippen molar-refractivity contribution < 1.29 is 17.6 Å². The van der Waals surface area contributed by atoms with Crippen molar-refractivity contribution in [1.82, 2.24) is 14.6 Å². The molecule has 1 aromatic carbocycles. The van der Waals surface area contributed by atoms with Gasteiger partial charge in [0.1, 0.15) is 5.82 Å². The highest BCUT2D eigenvalue weighted by Gasteiger charge is 2.17. The number of hydrogen-bond donors (Lipinski definition) is 1. The standard InChI is InChI=1S/C18H22FN3O3S/c1-26(24,25)22(11-8-15-4-6-17(19)7-5-15)12-9-18(23)21-14-16-3-2-10-20-13-16/h2-7,10,13H,8-9,11-12,14H2,1H3,(H,21,23). The molecule has 2 rings (SSSR count). The molecule has 0 spiro atoms. The summed E-state index contributed by atoms with van der Waals surface area (Å²) in [5.74, 6) is -0.566. The summed E-state index contributed by atoms with van der Waals surface area (Å²) < 4.78 is 38.0. The molecule has 0 atom stereocenters. The lowest BCUT2D eigenvalue weighted by atomic mass is 10.1. The molecule has 0 radical (unpaired) electrons. The minimum absolute atomic E-state index is 0.0662. The second-order valence-electron chi connectivity index (χ2n) is 5.93. The normalized spacial score (nSPS) is 11.5. The third-order valence-corrected chi connectivity index (χ3v) is 5.14. The van der Waals surface area contributed by atoms with Crippen molar-refractivity contribution in [3.8, 4) is 0 Å². The summed E-state index contributed by atoms with van der Waals surface area (Å²) in [6.45, 7) is 0.681. The molecule has 0 saturated carbocycles. The number of nitrogens with zero attached hydrogens (tertiary/aromatic N) is 2. The number of carbonyl (C=O) groups excluding carboxylic acids is 1. The third-order valence-electron chi connectivity index (χ3n) is 3.83. The number of sulfonamides is 1. The van der Waals surface area contributed by atoms with Crippen molar-refractivity contribution in [2.75, 3.05) is 19.3 Å². The van der Waals surface area contributed by atoms with Gasteiger partial charge in [-0.05, 0) is 35.7 Å². The summed E-state index contributed by atoms with van der Waals surface area (Å²) >= 11 is 0. The molecule has 0 aliphatic heterocycles. The fourth-order valence-electron chi connectivity index (χ4n) is 2.37. The van der Waals surface area contributed by atoms with Crippen LogP contribution in [0.15, 0.2) is 48.8 Å². The van der Waals surface area contributed by atoms with Crippen LogP contribution in [0.2, 0.25) is 0 Å². The van der Waals surface area contributed by atoms with Crippen molar-refractivity contribution in [1.29, 1.82) is 0 Å². The first-order chi connectivity index (χ1) is 12.3. The number of halogens is 1. The van der Waals surface area contributed by atoms with Crippen molar-refractivity contribution in [2.24, 2.45) is 0 Å². The second kappa shape index (κ2) is 9.40. The van der Waals surface area contributed by atoms with E-state index in [0.29, 0.717) is 13.0 Å². The van der Waals surface area contributed by atoms with E-state index in [-0.39, 0.29) is 31.2 Å². The van der Waals surface area contributed by atoms with Gasteiger partial charge in [-0.3, -0.25) is 9.78 Å². The number of nitrogens with one attached hydrogen (secondary N) is 1. The summed E-state index contributed by atoms with van der Waals surface area (Å²) in [5.41, 5.74) is 1.71. The van der Waals surface area contributed by atoms with E-state index in [1.54, 1.807) is 30.6 Å². The van der Waals surface area contributed by atoms with Gasteiger partial charge in [0, 0.05) is 38.4 Å². The predicted octanol–water partition coefficient (Wildman–Crippen LogP) is 1.73. The van der Waals surface area contributed by atoms with Crippen molar-refractivity contribution in [3.05, 3.63) is 65.7 Å². The Bertz CT molecular complexity index is 811. The summed E-state index contributed by atoms with van der Waals surface area (Å²) in [7, 11) is -3.44. The van der Waals surface area contributed by atoms with E-state index >= 15 is 0 Å². The minimum atomic E-state index is -3.44. The van der Waals surface area contributed by atoms with Crippen LogP contribution in [0.25, 0.3) is 0 Å². The highest BCUT2D eigenvalue weighted by Crippen LogP contribution is 2.07. The highest BCUT2D eigenvalue weighted by atomic mass is 32.2. The van der Waals surface area contributed by atoms with Crippen LogP contribution in [0.1, 0.15) is 17.5 Å². The second-order valence-corrected chi connectivity index (χ2v) is 7.91. The highest BCUT2D eigenvalue weighted by molar-refractivity contribution is 7.88. The van der Waals surface area contributed by atoms with Crippen molar-refractivity contribution in [2.45, 2.75) is 19.4 Å². The number of pyridine rings is 1. The topological polar surface area (TPSA) is 79.4 Å². The first kappa shape index (κ1) is 20.0. The summed E-state index contributed by atoms with van der Waals surface area (Å²) in [6, 6.07) is 9.55. The first-order valence-electron chi connectivity index (χ1n) is 8.20. The average Bonchev–Trinajstić information content (AvgIpc) is 2.61. The van der Waals surface area contributed by atoms with Crippen LogP contribution < -0.4 is 5.32 Å². The number of benzene rings is 1. The smallest absolute Gasteiger partial charge is 0.221 e. The molecule has 140 valence electrons. The molecule has 0 saturated heterocycles. The quantitative estimate of drug-likeness (QED) is 0.720. The SMILES string of the molecule is CS(=O)(=O)N(CCC(=O)NCc1cccnc1)CCc1ccc(F)cc1. The monoisotopic (exact) mass is 379 g/mol. The van der Waals surface area contributed by atoms with Crippen LogP contribution in [-0.4, -0.2) is 43.0 Å². The molecule has 26 heavy (non-hydrogen) atoms. The van der Waals surface area contributed by atoms with Crippen molar-refractivity contribution in [3.63, 3.8) is 0 Å². The molecule has 6 nitrogen and oxygen atoms in total. The van der Waals surface area contributed by atoms with Gasteiger partial charge >= 0.3 is 0 Å². The molecule has 0 fully saturated rings. The average molecular weight is 379 g/mol. The molecule has 2 aromatic rings. The van der Waals surface area contributed by atoms with Gasteiger partial charge in [-0.25, -0.2) is 17.1 Å². The Morgan fingerprint density at radius 1 is 1.15 bits per heavy atom. The number of carbonyl (C=O) groups is 1. The fraction of sp³-hybridized carbons (Fsp3) is 0.333. The van der Waals surface area contributed by atoms with E-state index in [9.17, 15) is 17.6 Å². The molecular formula is C18H22FN3O3S. The van der Waals surface area contributed by atoms with Crippen LogP contribution in [0.4, 0.5) is 4.39 Å². The van der Waals surface area contributed by atoms with Crippen LogP contribution >= 0.6 is 0 Å². The van der Waals surface area contributed by atoms with Gasteiger partial charge in [-0.1, -0.05) is 18.2 Å². The van der Waals surface area contributed by atoms with E-state index in [1.165, 1.54) is 16.4 Å². The Kier molecular flexibility index (Phi) is 7.23. The zero-order valence-electron chi connectivity index (χ0n) is 14.6. The van der Waals surface area contributed by atoms with Gasteiger partial charge < -0.3 is 5.32 Å². The lowest BCUT2D eigenvalue weighted by molar-refractivity contribution is -0.121. The molecule has 8 heteroatoms. The molecule has 1 N–H and O–H groups in total. The molecule has 0 bridgehead atoms. The van der Waals surface area contributed by atoms with Gasteiger partial charge in [0.05, 0.1) is 6.26 Å². The predicted molar refractivity (Wildman–Crippen MR) is 97.2 cm³/mol. The summed E-state index contributed by atoms with van der Waals surface area (Å²) in [6.07, 6.45) is 4.94.